The molecule has 1 aromatic carbocycles. The average molecular weight is 441 g/mol. The van der Waals surface area contributed by atoms with Gasteiger partial charge in [0.1, 0.15) is 10.4 Å². The van der Waals surface area contributed by atoms with Crippen LogP contribution in [0.3, 0.4) is 0 Å². The quantitative estimate of drug-likeness (QED) is 0.202. The van der Waals surface area contributed by atoms with E-state index in [9.17, 15) is 19.7 Å². The van der Waals surface area contributed by atoms with Crippen LogP contribution >= 0.6 is 23.1 Å². The van der Waals surface area contributed by atoms with Crippen LogP contribution in [0.15, 0.2) is 56.4 Å². The van der Waals surface area contributed by atoms with E-state index in [0.29, 0.717) is 16.6 Å². The largest absolute Gasteiger partial charge is 0.332 e. The maximum Gasteiger partial charge on any atom is 0.332 e. The van der Waals surface area contributed by atoms with Crippen LogP contribution in [-0.4, -0.2) is 24.0 Å². The highest BCUT2D eigenvalue weighted by molar-refractivity contribution is 7.98. The molecule has 3 heterocycles. The second-order valence-corrected chi connectivity index (χ2v) is 8.36. The molecule has 0 saturated heterocycles. The van der Waals surface area contributed by atoms with Crippen LogP contribution in [0.25, 0.3) is 21.7 Å². The lowest BCUT2D eigenvalue weighted by Gasteiger charge is -2.11. The van der Waals surface area contributed by atoms with Crippen molar-refractivity contribution < 1.29 is 4.92 Å². The minimum absolute atomic E-state index is 0.0140. The Balaban J connectivity index is 1.83. The summed E-state index contributed by atoms with van der Waals surface area (Å²) in [7, 11) is 2.99. The van der Waals surface area contributed by atoms with Crippen LogP contribution in [-0.2, 0) is 19.8 Å². The van der Waals surface area contributed by atoms with Gasteiger partial charge in [-0.1, -0.05) is 18.2 Å². The Morgan fingerprint density at radius 2 is 1.83 bits per heavy atom. The van der Waals surface area contributed by atoms with Gasteiger partial charge in [-0.3, -0.25) is 24.0 Å². The van der Waals surface area contributed by atoms with Gasteiger partial charge in [0.15, 0.2) is 11.5 Å². The molecule has 152 valence electrons. The van der Waals surface area contributed by atoms with E-state index in [1.807, 2.05) is 17.5 Å². The zero-order valence-corrected chi connectivity index (χ0v) is 17.6. The summed E-state index contributed by atoms with van der Waals surface area (Å²) in [6.07, 6.45) is 0. The number of non-ortho nitro benzene ring substituents is 1. The fourth-order valence-electron chi connectivity index (χ4n) is 2.91. The van der Waals surface area contributed by atoms with E-state index in [-0.39, 0.29) is 16.7 Å². The Kier molecular flexibility index (Phi) is 5.22. The van der Waals surface area contributed by atoms with Gasteiger partial charge < -0.3 is 0 Å². The van der Waals surface area contributed by atoms with Crippen molar-refractivity contribution in [3.63, 3.8) is 0 Å². The molecule has 0 amide bonds. The Morgan fingerprint density at radius 1 is 1.10 bits per heavy atom. The standard InChI is InChI=1S/C19H15N5O4S2/c1-22-16-14(18(25)23(2)19(22)26)17(21-15(20-16)13-4-3-9-29-13)30-10-11-5-7-12(8-6-11)24(27)28/h3-9H,10H2,1-2H3. The number of aromatic nitrogens is 4. The molecule has 0 fully saturated rings. The van der Waals surface area contributed by atoms with Gasteiger partial charge in [0.2, 0.25) is 0 Å². The number of thioether (sulfide) groups is 1. The van der Waals surface area contributed by atoms with Crippen molar-refractivity contribution in [2.75, 3.05) is 0 Å². The summed E-state index contributed by atoms with van der Waals surface area (Å²) in [5.41, 5.74) is 0.205. The molecule has 0 aliphatic rings. The Hall–Kier alpha value is -3.31. The molecular weight excluding hydrogens is 426 g/mol. The molecule has 0 atom stereocenters. The summed E-state index contributed by atoms with van der Waals surface area (Å²) in [6, 6.07) is 9.96. The molecule has 9 nitrogen and oxygen atoms in total. The molecule has 0 radical (unpaired) electrons. The van der Waals surface area contributed by atoms with E-state index in [2.05, 4.69) is 9.97 Å². The second-order valence-electron chi connectivity index (χ2n) is 6.45. The summed E-state index contributed by atoms with van der Waals surface area (Å²) >= 11 is 2.78. The number of hydrogen-bond acceptors (Lipinski definition) is 8. The molecule has 0 aliphatic heterocycles. The van der Waals surface area contributed by atoms with Crippen molar-refractivity contribution in [1.29, 1.82) is 0 Å². The van der Waals surface area contributed by atoms with Crippen molar-refractivity contribution in [2.24, 2.45) is 14.1 Å². The van der Waals surface area contributed by atoms with Crippen molar-refractivity contribution in [3.05, 3.63) is 78.3 Å². The van der Waals surface area contributed by atoms with Gasteiger partial charge in [-0.2, -0.15) is 0 Å². The van der Waals surface area contributed by atoms with Crippen LogP contribution < -0.4 is 11.2 Å². The molecule has 0 spiro atoms. The molecular formula is C19H15N5O4S2. The first kappa shape index (κ1) is 20.0. The maximum absolute atomic E-state index is 12.8. The van der Waals surface area contributed by atoms with E-state index in [1.165, 1.54) is 46.8 Å². The third kappa shape index (κ3) is 3.53. The Labute approximate surface area is 177 Å². The topological polar surface area (TPSA) is 113 Å². The zero-order chi connectivity index (χ0) is 21.4. The number of hydrogen-bond donors (Lipinski definition) is 0. The average Bonchev–Trinajstić information content (AvgIpc) is 3.29. The first-order valence-corrected chi connectivity index (χ1v) is 10.6. The summed E-state index contributed by atoms with van der Waals surface area (Å²) in [5, 5.41) is 13.5. The number of thiophene rings is 1. The zero-order valence-electron chi connectivity index (χ0n) is 15.9. The molecule has 0 bridgehead atoms. The summed E-state index contributed by atoms with van der Waals surface area (Å²) in [5.74, 6) is 0.881. The van der Waals surface area contributed by atoms with Gasteiger partial charge >= 0.3 is 5.69 Å². The van der Waals surface area contributed by atoms with Gasteiger partial charge in [-0.15, -0.1) is 23.1 Å². The Bertz CT molecular complexity index is 1380. The third-order valence-electron chi connectivity index (χ3n) is 4.53. The molecule has 11 heteroatoms. The second kappa shape index (κ2) is 7.84. The molecule has 0 aliphatic carbocycles. The lowest BCUT2D eigenvalue weighted by Crippen LogP contribution is -2.37. The van der Waals surface area contributed by atoms with Gasteiger partial charge in [0.05, 0.1) is 9.80 Å². The smallest absolute Gasteiger partial charge is 0.280 e. The first-order valence-electron chi connectivity index (χ1n) is 8.74. The SMILES string of the molecule is Cn1c(=O)c2c(SCc3ccc([N+](=O)[O-])cc3)nc(-c3cccs3)nc2n(C)c1=O. The molecule has 0 unspecified atom stereocenters. The van der Waals surface area contributed by atoms with E-state index in [4.69, 9.17) is 0 Å². The van der Waals surface area contributed by atoms with E-state index in [0.717, 1.165) is 15.0 Å². The minimum Gasteiger partial charge on any atom is -0.280 e. The fraction of sp³-hybridized carbons (Fsp3) is 0.158. The predicted octanol–water partition coefficient (Wildman–Crippen LogP) is 2.96. The number of nitro groups is 1. The number of nitro benzene ring substituents is 1. The number of fused-ring (bicyclic) bond motifs is 1. The van der Waals surface area contributed by atoms with Crippen LogP contribution in [0.5, 0.6) is 0 Å². The monoisotopic (exact) mass is 441 g/mol. The lowest BCUT2D eigenvalue weighted by molar-refractivity contribution is -0.384. The first-order chi connectivity index (χ1) is 14.4. The summed E-state index contributed by atoms with van der Waals surface area (Å²) in [6.45, 7) is 0. The normalized spacial score (nSPS) is 11.1. The number of aryl methyl sites for hydroxylation is 1. The molecule has 0 saturated carbocycles. The molecule has 0 N–H and O–H groups in total. The van der Waals surface area contributed by atoms with Gasteiger partial charge in [0, 0.05) is 32.0 Å². The maximum atomic E-state index is 12.8. The van der Waals surface area contributed by atoms with Gasteiger partial charge in [0.25, 0.3) is 11.2 Å². The van der Waals surface area contributed by atoms with Crippen molar-refractivity contribution in [1.82, 2.24) is 19.1 Å². The number of rotatable bonds is 5. The fourth-order valence-corrected chi connectivity index (χ4v) is 4.54. The summed E-state index contributed by atoms with van der Waals surface area (Å²) < 4.78 is 2.37. The van der Waals surface area contributed by atoms with E-state index >= 15 is 0 Å². The van der Waals surface area contributed by atoms with E-state index in [1.54, 1.807) is 19.2 Å². The van der Waals surface area contributed by atoms with Crippen LogP contribution in [0.1, 0.15) is 5.56 Å². The lowest BCUT2D eigenvalue weighted by atomic mass is 10.2. The highest BCUT2D eigenvalue weighted by Gasteiger charge is 2.18. The van der Waals surface area contributed by atoms with Crippen molar-refractivity contribution >= 4 is 39.8 Å². The van der Waals surface area contributed by atoms with Crippen molar-refractivity contribution in [3.8, 4) is 10.7 Å². The van der Waals surface area contributed by atoms with Crippen molar-refractivity contribution in [2.45, 2.75) is 10.8 Å². The minimum atomic E-state index is -0.463. The number of benzene rings is 1. The predicted molar refractivity (Wildman–Crippen MR) is 116 cm³/mol. The van der Waals surface area contributed by atoms with Gasteiger partial charge in [-0.05, 0) is 17.0 Å². The molecule has 4 aromatic rings. The molecule has 30 heavy (non-hydrogen) atoms. The Morgan fingerprint density at radius 3 is 2.47 bits per heavy atom. The molecule has 4 rings (SSSR count). The van der Waals surface area contributed by atoms with Crippen LogP contribution in [0.4, 0.5) is 5.69 Å². The summed E-state index contributed by atoms with van der Waals surface area (Å²) in [4.78, 5) is 45.5. The third-order valence-corrected chi connectivity index (χ3v) is 6.44. The highest BCUT2D eigenvalue weighted by atomic mass is 32.2. The van der Waals surface area contributed by atoms with E-state index < -0.39 is 16.2 Å². The van der Waals surface area contributed by atoms with Gasteiger partial charge in [-0.25, -0.2) is 14.8 Å². The molecule has 3 aromatic heterocycles. The van der Waals surface area contributed by atoms with Crippen LogP contribution in [0, 0.1) is 10.1 Å². The number of nitrogens with zero attached hydrogens (tertiary/aromatic N) is 5. The van der Waals surface area contributed by atoms with Crippen LogP contribution in [0.2, 0.25) is 0 Å². The highest BCUT2D eigenvalue weighted by Crippen LogP contribution is 2.30.